The molecular formula is C25H22Br2FN3O5. The minimum absolute atomic E-state index is 0.0718. The largest absolute Gasteiger partial charge is 0.513 e. The van der Waals surface area contributed by atoms with Crippen molar-refractivity contribution in [2.24, 2.45) is 0 Å². The first-order valence-corrected chi connectivity index (χ1v) is 12.8. The second-order valence-electron chi connectivity index (χ2n) is 8.50. The van der Waals surface area contributed by atoms with Gasteiger partial charge in [0.05, 0.1) is 39.2 Å². The highest BCUT2D eigenvalue weighted by atomic mass is 79.9. The summed E-state index contributed by atoms with van der Waals surface area (Å²) in [4.78, 5) is 13.1. The highest BCUT2D eigenvalue weighted by Gasteiger charge is 2.28. The number of fused-ring (bicyclic) bond motifs is 1. The van der Waals surface area contributed by atoms with E-state index in [9.17, 15) is 9.18 Å². The summed E-state index contributed by atoms with van der Waals surface area (Å²) < 4.78 is 33.1. The molecule has 5 rings (SSSR count). The third-order valence-corrected chi connectivity index (χ3v) is 8.14. The second kappa shape index (κ2) is 9.78. The first-order valence-electron chi connectivity index (χ1n) is 11.2. The van der Waals surface area contributed by atoms with Crippen molar-refractivity contribution in [2.45, 2.75) is 25.8 Å². The molecule has 0 bridgehead atoms. The molecule has 8 nitrogen and oxygen atoms in total. The summed E-state index contributed by atoms with van der Waals surface area (Å²) in [5, 5.41) is 14.4. The first kappa shape index (κ1) is 24.6. The van der Waals surface area contributed by atoms with Crippen molar-refractivity contribution in [2.75, 3.05) is 25.1 Å². The second-order valence-corrected chi connectivity index (χ2v) is 10.1. The van der Waals surface area contributed by atoms with Crippen LogP contribution in [0.15, 0.2) is 49.8 Å². The van der Waals surface area contributed by atoms with Crippen LogP contribution in [0.4, 0.5) is 14.9 Å². The number of ether oxygens (including phenoxy) is 2. The van der Waals surface area contributed by atoms with Gasteiger partial charge in [0.25, 0.3) is 5.95 Å². The zero-order valence-corrected chi connectivity index (χ0v) is 22.6. The van der Waals surface area contributed by atoms with Crippen LogP contribution in [0, 0.1) is 12.7 Å². The van der Waals surface area contributed by atoms with Crippen LogP contribution in [-0.4, -0.2) is 41.2 Å². The number of benzene rings is 2. The maximum atomic E-state index is 13.8. The summed E-state index contributed by atoms with van der Waals surface area (Å²) in [6.45, 7) is 3.50. The van der Waals surface area contributed by atoms with Gasteiger partial charge in [0.15, 0.2) is 0 Å². The Morgan fingerprint density at radius 2 is 1.92 bits per heavy atom. The van der Waals surface area contributed by atoms with Gasteiger partial charge in [-0.15, -0.1) is 0 Å². The van der Waals surface area contributed by atoms with Gasteiger partial charge in [-0.1, -0.05) is 0 Å². The molecule has 3 heterocycles. The van der Waals surface area contributed by atoms with Gasteiger partial charge in [0.1, 0.15) is 17.1 Å². The zero-order valence-electron chi connectivity index (χ0n) is 19.4. The number of hydrogen-bond acceptors (Lipinski definition) is 6. The van der Waals surface area contributed by atoms with Gasteiger partial charge in [0.2, 0.25) is 0 Å². The van der Waals surface area contributed by atoms with Crippen molar-refractivity contribution in [3.8, 4) is 23.0 Å². The van der Waals surface area contributed by atoms with E-state index in [1.165, 1.54) is 19.2 Å². The number of nitrogens with zero attached hydrogens (tertiary/aromatic N) is 3. The molecule has 0 radical (unpaired) electrons. The fraction of sp³-hybridized carbons (Fsp3) is 0.280. The smallest absolute Gasteiger partial charge is 0.496 e. The zero-order chi connectivity index (χ0) is 25.6. The van der Waals surface area contributed by atoms with E-state index in [0.717, 1.165) is 62.9 Å². The number of halogens is 3. The van der Waals surface area contributed by atoms with E-state index in [1.54, 1.807) is 12.1 Å². The van der Waals surface area contributed by atoms with Crippen LogP contribution in [0.3, 0.4) is 0 Å². The molecule has 0 amide bonds. The molecule has 4 aromatic rings. The van der Waals surface area contributed by atoms with E-state index < -0.39 is 6.16 Å². The van der Waals surface area contributed by atoms with Crippen LogP contribution in [0.5, 0.6) is 11.7 Å². The van der Waals surface area contributed by atoms with Crippen LogP contribution >= 0.6 is 31.9 Å². The van der Waals surface area contributed by atoms with Gasteiger partial charge in [0, 0.05) is 36.2 Å². The van der Waals surface area contributed by atoms with Crippen LogP contribution in [0.2, 0.25) is 0 Å². The van der Waals surface area contributed by atoms with E-state index >= 15 is 0 Å². The van der Waals surface area contributed by atoms with Crippen LogP contribution < -0.4 is 14.4 Å². The SMILES string of the molecule is COc1cc(F)ccc1-c1c(Br)c(C)nn1C1CCN(c2ccc3oc(OC(=O)O)cc3c2Br)CC1. The van der Waals surface area contributed by atoms with Gasteiger partial charge in [-0.05, 0) is 75.9 Å². The first-order chi connectivity index (χ1) is 17.3. The van der Waals surface area contributed by atoms with Crippen LogP contribution in [-0.2, 0) is 0 Å². The number of rotatable bonds is 5. The third-order valence-electron chi connectivity index (χ3n) is 6.36. The number of hydrogen-bond donors (Lipinski definition) is 1. The van der Waals surface area contributed by atoms with Crippen molar-refractivity contribution in [1.82, 2.24) is 9.78 Å². The van der Waals surface area contributed by atoms with E-state index in [1.807, 2.05) is 23.7 Å². The molecule has 0 unspecified atom stereocenters. The van der Waals surface area contributed by atoms with E-state index in [2.05, 4.69) is 41.5 Å². The monoisotopic (exact) mass is 621 g/mol. The summed E-state index contributed by atoms with van der Waals surface area (Å²) >= 11 is 7.34. The van der Waals surface area contributed by atoms with Crippen molar-refractivity contribution in [3.63, 3.8) is 0 Å². The number of methoxy groups -OCH3 is 1. The Bertz CT molecular complexity index is 1460. The molecule has 188 valence electrons. The van der Waals surface area contributed by atoms with Crippen LogP contribution in [0.25, 0.3) is 22.2 Å². The van der Waals surface area contributed by atoms with Crippen LogP contribution in [0.1, 0.15) is 24.6 Å². The standard InChI is InChI=1S/C25H22Br2FN3O5/c1-13-22(26)24(16-4-3-14(28)11-20(16)34-2)31(29-13)15-7-9-30(10-8-15)18-5-6-19-17(23(18)27)12-21(35-19)36-25(32)33/h3-6,11-12,15H,7-10H2,1-2H3,(H,32,33). The lowest BCUT2D eigenvalue weighted by molar-refractivity contribution is 0.134. The van der Waals surface area contributed by atoms with E-state index in [-0.39, 0.29) is 17.8 Å². The Kier molecular flexibility index (Phi) is 6.69. The van der Waals surface area contributed by atoms with Gasteiger partial charge >= 0.3 is 6.16 Å². The quantitative estimate of drug-likeness (QED) is 0.236. The number of furan rings is 1. The number of anilines is 1. The van der Waals surface area contributed by atoms with Crippen molar-refractivity contribution < 1.29 is 28.2 Å². The summed E-state index contributed by atoms with van der Waals surface area (Å²) in [5.74, 6) is 0.0277. The lowest BCUT2D eigenvalue weighted by Gasteiger charge is -2.35. The molecule has 1 saturated heterocycles. The topological polar surface area (TPSA) is 90.0 Å². The van der Waals surface area contributed by atoms with Crippen molar-refractivity contribution in [1.29, 1.82) is 0 Å². The number of aryl methyl sites for hydroxylation is 1. The molecule has 0 aliphatic carbocycles. The Morgan fingerprint density at radius 1 is 1.17 bits per heavy atom. The summed E-state index contributed by atoms with van der Waals surface area (Å²) in [6.07, 6.45) is 0.256. The molecule has 0 saturated carbocycles. The minimum Gasteiger partial charge on any atom is -0.496 e. The Labute approximate surface area is 222 Å². The Hall–Kier alpha value is -3.05. The Morgan fingerprint density at radius 3 is 2.61 bits per heavy atom. The molecule has 11 heteroatoms. The molecule has 1 aliphatic heterocycles. The molecule has 1 aliphatic rings. The molecule has 2 aromatic carbocycles. The number of carboxylic acid groups (broad SMARTS) is 1. The minimum atomic E-state index is -1.43. The summed E-state index contributed by atoms with van der Waals surface area (Å²) in [5.41, 5.74) is 4.02. The van der Waals surface area contributed by atoms with Gasteiger partial charge in [-0.2, -0.15) is 5.10 Å². The molecule has 2 aromatic heterocycles. The molecule has 36 heavy (non-hydrogen) atoms. The molecule has 1 N–H and O–H groups in total. The van der Waals surface area contributed by atoms with Gasteiger partial charge < -0.3 is 23.9 Å². The van der Waals surface area contributed by atoms with E-state index in [4.69, 9.17) is 19.4 Å². The lowest BCUT2D eigenvalue weighted by atomic mass is 10.0. The predicted octanol–water partition coefficient (Wildman–Crippen LogP) is 7.18. The average molecular weight is 623 g/mol. The number of carbonyl (C=O) groups is 1. The summed E-state index contributed by atoms with van der Waals surface area (Å²) in [7, 11) is 1.53. The maximum absolute atomic E-state index is 13.8. The third kappa shape index (κ3) is 4.45. The average Bonchev–Trinajstić information content (AvgIpc) is 3.39. The molecule has 0 atom stereocenters. The number of aromatic nitrogens is 2. The predicted molar refractivity (Wildman–Crippen MR) is 140 cm³/mol. The van der Waals surface area contributed by atoms with Crippen molar-refractivity contribution in [3.05, 3.63) is 56.9 Å². The van der Waals surface area contributed by atoms with Crippen molar-refractivity contribution >= 4 is 54.7 Å². The Balaban J connectivity index is 1.40. The number of piperidine rings is 1. The van der Waals surface area contributed by atoms with E-state index in [0.29, 0.717) is 11.3 Å². The molecular weight excluding hydrogens is 601 g/mol. The molecule has 0 spiro atoms. The summed E-state index contributed by atoms with van der Waals surface area (Å²) in [6, 6.07) is 10.00. The fourth-order valence-corrected chi connectivity index (χ4v) is 5.84. The fourth-order valence-electron chi connectivity index (χ4n) is 4.67. The maximum Gasteiger partial charge on any atom is 0.513 e. The molecule has 1 fully saturated rings. The van der Waals surface area contributed by atoms with Gasteiger partial charge in [-0.25, -0.2) is 9.18 Å². The highest BCUT2D eigenvalue weighted by molar-refractivity contribution is 9.11. The lowest BCUT2D eigenvalue weighted by Crippen LogP contribution is -2.35. The highest BCUT2D eigenvalue weighted by Crippen LogP contribution is 2.42. The normalized spacial score (nSPS) is 14.4. The van der Waals surface area contributed by atoms with Gasteiger partial charge in [-0.3, -0.25) is 4.68 Å².